The van der Waals surface area contributed by atoms with E-state index in [1.165, 1.54) is 0 Å². The molecule has 0 aromatic heterocycles. The van der Waals surface area contributed by atoms with Crippen molar-refractivity contribution in [1.29, 1.82) is 0 Å². The highest BCUT2D eigenvalue weighted by atomic mass is 16.3. The summed E-state index contributed by atoms with van der Waals surface area (Å²) < 4.78 is 0. The quantitative estimate of drug-likeness (QED) is 0.543. The Morgan fingerprint density at radius 1 is 0.852 bits per heavy atom. The molecular weight excluding hydrogens is 336 g/mol. The molecule has 0 spiro atoms. The zero-order valence-electron chi connectivity index (χ0n) is 18.7. The van der Waals surface area contributed by atoms with E-state index in [1.54, 1.807) is 13.8 Å². The molecule has 0 rings (SSSR count). The predicted octanol–water partition coefficient (Wildman–Crippen LogP) is 2.99. The van der Waals surface area contributed by atoms with Crippen LogP contribution in [0.3, 0.4) is 0 Å². The Morgan fingerprint density at radius 3 is 1.89 bits per heavy atom. The van der Waals surface area contributed by atoms with E-state index in [0.29, 0.717) is 25.4 Å². The maximum atomic E-state index is 10.5. The summed E-state index contributed by atoms with van der Waals surface area (Å²) in [6.45, 7) is 19.1. The molecular formula is C23H42N2O2. The van der Waals surface area contributed by atoms with Gasteiger partial charge in [0.05, 0.1) is 13.1 Å². The van der Waals surface area contributed by atoms with Gasteiger partial charge in [-0.05, 0) is 72.1 Å². The molecule has 0 radical (unpaired) electrons. The minimum absolute atomic E-state index is 0.420. The van der Waals surface area contributed by atoms with E-state index in [0.717, 1.165) is 39.0 Å². The molecule has 0 bridgehead atoms. The van der Waals surface area contributed by atoms with Gasteiger partial charge in [-0.1, -0.05) is 51.4 Å². The van der Waals surface area contributed by atoms with Crippen LogP contribution in [-0.2, 0) is 0 Å². The van der Waals surface area contributed by atoms with Crippen LogP contribution in [0.1, 0.15) is 67.7 Å². The van der Waals surface area contributed by atoms with Gasteiger partial charge in [-0.3, -0.25) is 9.80 Å². The minimum atomic E-state index is -0.925. The second kappa shape index (κ2) is 13.2. The van der Waals surface area contributed by atoms with Crippen molar-refractivity contribution < 1.29 is 10.2 Å². The molecule has 0 amide bonds. The van der Waals surface area contributed by atoms with Crippen LogP contribution < -0.4 is 0 Å². The van der Waals surface area contributed by atoms with E-state index in [9.17, 15) is 10.2 Å². The lowest BCUT2D eigenvalue weighted by Gasteiger charge is -2.23. The van der Waals surface area contributed by atoms with E-state index >= 15 is 0 Å². The van der Waals surface area contributed by atoms with Gasteiger partial charge in [-0.15, -0.1) is 0 Å². The lowest BCUT2D eigenvalue weighted by Crippen LogP contribution is -2.28. The van der Waals surface area contributed by atoms with E-state index < -0.39 is 11.2 Å². The molecule has 2 atom stereocenters. The van der Waals surface area contributed by atoms with Crippen molar-refractivity contribution in [2.24, 2.45) is 5.92 Å². The largest absolute Gasteiger partial charge is 0.378 e. The molecule has 2 unspecified atom stereocenters. The van der Waals surface area contributed by atoms with Crippen molar-refractivity contribution in [1.82, 2.24) is 9.80 Å². The standard InChI is InChI=1S/C23H42N2O2/c1-8-24(9-2)18-13-16-23(7,27)20-21(4)14-11-17-25(10-3)19-12-15-22(5,6)26/h21,26-27H,8-11,14,17-20H2,1-7H3. The van der Waals surface area contributed by atoms with Crippen molar-refractivity contribution >= 4 is 0 Å². The van der Waals surface area contributed by atoms with Crippen LogP contribution in [0, 0.1) is 29.6 Å². The third-order valence-corrected chi connectivity index (χ3v) is 4.62. The van der Waals surface area contributed by atoms with Gasteiger partial charge in [0.25, 0.3) is 0 Å². The van der Waals surface area contributed by atoms with Crippen LogP contribution in [-0.4, -0.2) is 70.5 Å². The number of nitrogens with zero attached hydrogens (tertiary/aromatic N) is 2. The topological polar surface area (TPSA) is 46.9 Å². The van der Waals surface area contributed by atoms with Crippen molar-refractivity contribution in [2.75, 3.05) is 39.3 Å². The maximum Gasteiger partial charge on any atom is 0.123 e. The lowest BCUT2D eigenvalue weighted by molar-refractivity contribution is 0.0918. The average molecular weight is 379 g/mol. The summed E-state index contributed by atoms with van der Waals surface area (Å²) >= 11 is 0. The van der Waals surface area contributed by atoms with E-state index in [4.69, 9.17) is 0 Å². The summed E-state index contributed by atoms with van der Waals surface area (Å²) in [6.07, 6.45) is 2.83. The molecule has 0 saturated carbocycles. The highest BCUT2D eigenvalue weighted by Crippen LogP contribution is 2.20. The van der Waals surface area contributed by atoms with Crippen LogP contribution in [0.25, 0.3) is 0 Å². The summed E-state index contributed by atoms with van der Waals surface area (Å²) in [5, 5.41) is 20.2. The SMILES string of the molecule is CCN(CC)CC#CC(C)(O)CC(C)CCCN(CC)CC#CC(C)(C)O. The van der Waals surface area contributed by atoms with Crippen molar-refractivity contribution in [3.05, 3.63) is 0 Å². The molecule has 0 aromatic rings. The first-order valence-electron chi connectivity index (χ1n) is 10.4. The Hall–Kier alpha value is -1.04. The third-order valence-electron chi connectivity index (χ3n) is 4.62. The first-order valence-corrected chi connectivity index (χ1v) is 10.4. The van der Waals surface area contributed by atoms with Gasteiger partial charge in [0.15, 0.2) is 0 Å². The lowest BCUT2D eigenvalue weighted by atomic mass is 9.90. The Morgan fingerprint density at radius 2 is 1.37 bits per heavy atom. The molecule has 156 valence electrons. The summed E-state index contributed by atoms with van der Waals surface area (Å²) in [5.41, 5.74) is -1.85. The monoisotopic (exact) mass is 378 g/mol. The third kappa shape index (κ3) is 14.7. The normalized spacial score (nSPS) is 14.9. The zero-order valence-corrected chi connectivity index (χ0v) is 18.7. The van der Waals surface area contributed by atoms with Gasteiger partial charge < -0.3 is 10.2 Å². The Balaban J connectivity index is 4.30. The highest BCUT2D eigenvalue weighted by Gasteiger charge is 2.20. The molecule has 0 saturated heterocycles. The van der Waals surface area contributed by atoms with Gasteiger partial charge in [-0.25, -0.2) is 0 Å². The van der Waals surface area contributed by atoms with Crippen molar-refractivity contribution in [2.45, 2.75) is 78.9 Å². The molecule has 0 fully saturated rings. The first kappa shape index (κ1) is 26.0. The van der Waals surface area contributed by atoms with Crippen LogP contribution in [0.5, 0.6) is 0 Å². The summed E-state index contributed by atoms with van der Waals surface area (Å²) in [6, 6.07) is 0. The van der Waals surface area contributed by atoms with Crippen molar-refractivity contribution in [3.63, 3.8) is 0 Å². The minimum Gasteiger partial charge on any atom is -0.378 e. The highest BCUT2D eigenvalue weighted by molar-refractivity contribution is 5.13. The Labute approximate surface area is 168 Å². The van der Waals surface area contributed by atoms with Gasteiger partial charge >= 0.3 is 0 Å². The van der Waals surface area contributed by atoms with Crippen molar-refractivity contribution in [3.8, 4) is 23.7 Å². The molecule has 2 N–H and O–H groups in total. The van der Waals surface area contributed by atoms with Crippen LogP contribution in [0.2, 0.25) is 0 Å². The maximum absolute atomic E-state index is 10.5. The molecule has 4 nitrogen and oxygen atoms in total. The van der Waals surface area contributed by atoms with Gasteiger partial charge in [-0.2, -0.15) is 0 Å². The predicted molar refractivity (Wildman–Crippen MR) is 115 cm³/mol. The summed E-state index contributed by atoms with van der Waals surface area (Å²) in [7, 11) is 0. The fourth-order valence-electron chi connectivity index (χ4n) is 3.00. The van der Waals surface area contributed by atoms with E-state index in [1.807, 2.05) is 6.92 Å². The number of aliphatic hydroxyl groups is 2. The molecule has 0 heterocycles. The van der Waals surface area contributed by atoms with E-state index in [-0.39, 0.29) is 0 Å². The summed E-state index contributed by atoms with van der Waals surface area (Å²) in [5.74, 6) is 12.5. The fourth-order valence-corrected chi connectivity index (χ4v) is 3.00. The van der Waals surface area contributed by atoms with Crippen LogP contribution in [0.15, 0.2) is 0 Å². The molecule has 0 aromatic carbocycles. The average Bonchev–Trinajstić information content (AvgIpc) is 2.55. The van der Waals surface area contributed by atoms with Crippen LogP contribution >= 0.6 is 0 Å². The second-order valence-electron chi connectivity index (χ2n) is 8.22. The fraction of sp³-hybridized carbons (Fsp3) is 0.826. The smallest absolute Gasteiger partial charge is 0.123 e. The van der Waals surface area contributed by atoms with Crippen LogP contribution in [0.4, 0.5) is 0 Å². The number of hydrogen-bond donors (Lipinski definition) is 2. The Kier molecular flexibility index (Phi) is 12.7. The van der Waals surface area contributed by atoms with Gasteiger partial charge in [0.1, 0.15) is 11.2 Å². The number of rotatable bonds is 11. The summed E-state index contributed by atoms with van der Waals surface area (Å²) in [4.78, 5) is 4.53. The molecule has 27 heavy (non-hydrogen) atoms. The van der Waals surface area contributed by atoms with Gasteiger partial charge in [0.2, 0.25) is 0 Å². The van der Waals surface area contributed by atoms with Gasteiger partial charge in [0, 0.05) is 0 Å². The Bertz CT molecular complexity index is 510. The zero-order chi connectivity index (χ0) is 20.9. The molecule has 0 aliphatic carbocycles. The first-order chi connectivity index (χ1) is 12.5. The molecule has 0 aliphatic rings. The molecule has 0 aliphatic heterocycles. The second-order valence-corrected chi connectivity index (χ2v) is 8.22. The van der Waals surface area contributed by atoms with E-state index in [2.05, 4.69) is 61.2 Å². The molecule has 4 heteroatoms. The number of hydrogen-bond acceptors (Lipinski definition) is 4.